The van der Waals surface area contributed by atoms with Crippen LogP contribution in [-0.2, 0) is 16.4 Å². The van der Waals surface area contributed by atoms with Crippen molar-refractivity contribution in [3.63, 3.8) is 0 Å². The maximum Gasteiger partial charge on any atom is 0.268 e. The third-order valence-corrected chi connectivity index (χ3v) is 5.40. The Morgan fingerprint density at radius 2 is 1.64 bits per heavy atom. The van der Waals surface area contributed by atoms with Gasteiger partial charge in [-0.2, -0.15) is 0 Å². The third-order valence-electron chi connectivity index (χ3n) is 3.71. The van der Waals surface area contributed by atoms with E-state index in [4.69, 9.17) is 5.73 Å². The van der Waals surface area contributed by atoms with Crippen LogP contribution in [0.15, 0.2) is 65.7 Å². The minimum Gasteiger partial charge on any atom is -0.330 e. The van der Waals surface area contributed by atoms with E-state index in [1.165, 1.54) is 3.97 Å². The summed E-state index contributed by atoms with van der Waals surface area (Å²) in [7, 11) is -3.58. The summed E-state index contributed by atoms with van der Waals surface area (Å²) >= 11 is 0. The van der Waals surface area contributed by atoms with Crippen molar-refractivity contribution >= 4 is 20.9 Å². The minimum atomic E-state index is -3.58. The van der Waals surface area contributed by atoms with E-state index in [1.807, 2.05) is 24.3 Å². The van der Waals surface area contributed by atoms with Gasteiger partial charge >= 0.3 is 0 Å². The Hall–Kier alpha value is -2.11. The van der Waals surface area contributed by atoms with Crippen molar-refractivity contribution < 1.29 is 8.42 Å². The van der Waals surface area contributed by atoms with Gasteiger partial charge in [0.15, 0.2) is 0 Å². The SMILES string of the molecule is NCCCc1cn(S(=O)(=O)c2ccccc2)c2ccccc12. The molecule has 1 heterocycles. The average molecular weight is 314 g/mol. The second-order valence-electron chi connectivity index (χ2n) is 5.18. The summed E-state index contributed by atoms with van der Waals surface area (Å²) in [5, 5.41) is 0.968. The first kappa shape index (κ1) is 14.8. The standard InChI is InChI=1S/C17H18N2O2S/c18-12-6-7-14-13-19(17-11-5-4-10-16(14)17)22(20,21)15-8-2-1-3-9-15/h1-5,8-11,13H,6-7,12,18H2. The molecule has 0 aliphatic heterocycles. The monoisotopic (exact) mass is 314 g/mol. The Balaban J connectivity index is 2.19. The Morgan fingerprint density at radius 1 is 0.955 bits per heavy atom. The van der Waals surface area contributed by atoms with E-state index >= 15 is 0 Å². The molecule has 0 atom stereocenters. The molecule has 0 aliphatic carbocycles. The molecule has 0 unspecified atom stereocenters. The predicted molar refractivity (Wildman–Crippen MR) is 88.3 cm³/mol. The minimum absolute atomic E-state index is 0.293. The van der Waals surface area contributed by atoms with Gasteiger partial charge in [0, 0.05) is 11.6 Å². The van der Waals surface area contributed by atoms with Crippen molar-refractivity contribution in [2.75, 3.05) is 6.54 Å². The number of nitrogens with two attached hydrogens (primary N) is 1. The van der Waals surface area contributed by atoms with Gasteiger partial charge in [-0.3, -0.25) is 0 Å². The molecule has 0 aliphatic rings. The molecule has 5 heteroatoms. The number of rotatable bonds is 5. The van der Waals surface area contributed by atoms with Crippen LogP contribution in [0.2, 0.25) is 0 Å². The van der Waals surface area contributed by atoms with Gasteiger partial charge in [-0.25, -0.2) is 12.4 Å². The molecule has 0 bridgehead atoms. The molecule has 2 aromatic carbocycles. The van der Waals surface area contributed by atoms with Gasteiger partial charge in [0.25, 0.3) is 10.0 Å². The van der Waals surface area contributed by atoms with Gasteiger partial charge in [0.05, 0.1) is 10.4 Å². The summed E-state index contributed by atoms with van der Waals surface area (Å²) in [6.45, 7) is 0.588. The summed E-state index contributed by atoms with van der Waals surface area (Å²) in [5.41, 5.74) is 7.30. The molecule has 0 amide bonds. The molecule has 22 heavy (non-hydrogen) atoms. The number of fused-ring (bicyclic) bond motifs is 1. The van der Waals surface area contributed by atoms with Crippen molar-refractivity contribution in [2.24, 2.45) is 5.73 Å². The Bertz CT molecular complexity index is 883. The van der Waals surface area contributed by atoms with E-state index in [9.17, 15) is 8.42 Å². The lowest BCUT2D eigenvalue weighted by Gasteiger charge is -2.07. The number of hydrogen-bond donors (Lipinski definition) is 1. The third kappa shape index (κ3) is 2.53. The van der Waals surface area contributed by atoms with Gasteiger partial charge in [-0.1, -0.05) is 36.4 Å². The smallest absolute Gasteiger partial charge is 0.268 e. The normalized spacial score (nSPS) is 11.9. The van der Waals surface area contributed by atoms with Gasteiger partial charge in [0.1, 0.15) is 0 Å². The summed E-state index contributed by atoms with van der Waals surface area (Å²) in [4.78, 5) is 0.293. The molecular weight excluding hydrogens is 296 g/mol. The van der Waals surface area contributed by atoms with Crippen molar-refractivity contribution in [1.29, 1.82) is 0 Å². The van der Waals surface area contributed by atoms with Crippen molar-refractivity contribution in [2.45, 2.75) is 17.7 Å². The van der Waals surface area contributed by atoms with Gasteiger partial charge in [-0.05, 0) is 43.1 Å². The number of aryl methyl sites for hydroxylation is 1. The maximum atomic E-state index is 12.9. The summed E-state index contributed by atoms with van der Waals surface area (Å²) in [6, 6.07) is 16.1. The molecule has 0 saturated carbocycles. The lowest BCUT2D eigenvalue weighted by atomic mass is 10.1. The van der Waals surface area contributed by atoms with E-state index in [-0.39, 0.29) is 0 Å². The molecular formula is C17H18N2O2S. The van der Waals surface area contributed by atoms with Crippen LogP contribution in [0.4, 0.5) is 0 Å². The van der Waals surface area contributed by atoms with Crippen LogP contribution < -0.4 is 5.73 Å². The van der Waals surface area contributed by atoms with Crippen LogP contribution in [0.3, 0.4) is 0 Å². The molecule has 0 spiro atoms. The fraction of sp³-hybridized carbons (Fsp3) is 0.176. The zero-order chi connectivity index (χ0) is 15.6. The highest BCUT2D eigenvalue weighted by Crippen LogP contribution is 2.26. The predicted octanol–water partition coefficient (Wildman–Crippen LogP) is 2.77. The number of aromatic nitrogens is 1. The summed E-state index contributed by atoms with van der Waals surface area (Å²) < 4.78 is 27.1. The Labute approximate surface area is 130 Å². The molecule has 0 saturated heterocycles. The number of hydrogen-bond acceptors (Lipinski definition) is 3. The fourth-order valence-electron chi connectivity index (χ4n) is 2.61. The van der Waals surface area contributed by atoms with Crippen LogP contribution in [0.1, 0.15) is 12.0 Å². The van der Waals surface area contributed by atoms with E-state index < -0.39 is 10.0 Å². The summed E-state index contributed by atoms with van der Waals surface area (Å²) in [6.07, 6.45) is 3.33. The van der Waals surface area contributed by atoms with Crippen LogP contribution in [0, 0.1) is 0 Å². The Morgan fingerprint density at radius 3 is 2.36 bits per heavy atom. The molecule has 3 rings (SSSR count). The van der Waals surface area contributed by atoms with Crippen LogP contribution in [-0.4, -0.2) is 18.9 Å². The van der Waals surface area contributed by atoms with E-state index in [0.717, 1.165) is 23.8 Å². The lowest BCUT2D eigenvalue weighted by molar-refractivity contribution is 0.589. The molecule has 2 N–H and O–H groups in total. The topological polar surface area (TPSA) is 65.1 Å². The highest BCUT2D eigenvalue weighted by molar-refractivity contribution is 7.90. The fourth-order valence-corrected chi connectivity index (χ4v) is 4.03. The molecule has 0 radical (unpaired) electrons. The zero-order valence-electron chi connectivity index (χ0n) is 12.1. The molecule has 4 nitrogen and oxygen atoms in total. The second-order valence-corrected chi connectivity index (χ2v) is 6.99. The number of nitrogens with zero attached hydrogens (tertiary/aromatic N) is 1. The van der Waals surface area contributed by atoms with Crippen molar-refractivity contribution in [1.82, 2.24) is 3.97 Å². The second kappa shape index (κ2) is 5.94. The summed E-state index contributed by atoms with van der Waals surface area (Å²) in [5.74, 6) is 0. The van der Waals surface area contributed by atoms with Crippen LogP contribution >= 0.6 is 0 Å². The first-order valence-corrected chi connectivity index (χ1v) is 8.68. The maximum absolute atomic E-state index is 12.9. The van der Waals surface area contributed by atoms with Crippen molar-refractivity contribution in [3.05, 3.63) is 66.4 Å². The van der Waals surface area contributed by atoms with E-state index in [1.54, 1.807) is 36.5 Å². The van der Waals surface area contributed by atoms with E-state index in [2.05, 4.69) is 0 Å². The molecule has 1 aromatic heterocycles. The average Bonchev–Trinajstić information content (AvgIpc) is 2.93. The first-order chi connectivity index (χ1) is 10.6. The molecule has 3 aromatic rings. The molecule has 114 valence electrons. The van der Waals surface area contributed by atoms with Gasteiger partial charge in [0.2, 0.25) is 0 Å². The zero-order valence-corrected chi connectivity index (χ0v) is 13.0. The van der Waals surface area contributed by atoms with Crippen molar-refractivity contribution in [3.8, 4) is 0 Å². The quantitative estimate of drug-likeness (QED) is 0.787. The van der Waals surface area contributed by atoms with Gasteiger partial charge < -0.3 is 5.73 Å². The van der Waals surface area contributed by atoms with Crippen LogP contribution in [0.25, 0.3) is 10.9 Å². The highest BCUT2D eigenvalue weighted by Gasteiger charge is 2.20. The van der Waals surface area contributed by atoms with E-state index in [0.29, 0.717) is 17.0 Å². The number of para-hydroxylation sites is 1. The Kier molecular flexibility index (Phi) is 4.00. The molecule has 0 fully saturated rings. The largest absolute Gasteiger partial charge is 0.330 e. The van der Waals surface area contributed by atoms with Crippen LogP contribution in [0.5, 0.6) is 0 Å². The highest BCUT2D eigenvalue weighted by atomic mass is 32.2. The van der Waals surface area contributed by atoms with Gasteiger partial charge in [-0.15, -0.1) is 0 Å². The first-order valence-electron chi connectivity index (χ1n) is 7.24. The number of benzene rings is 2. The lowest BCUT2D eigenvalue weighted by Crippen LogP contribution is -2.11.